The van der Waals surface area contributed by atoms with Gasteiger partial charge in [0.25, 0.3) is 11.5 Å². The lowest BCUT2D eigenvalue weighted by Gasteiger charge is -2.22. The number of nitrogens with one attached hydrogen (secondary N) is 2. The average molecular weight is 277 g/mol. The maximum Gasteiger partial charge on any atom is 0.264 e. The van der Waals surface area contributed by atoms with Crippen LogP contribution in [0, 0.1) is 6.92 Å². The zero-order chi connectivity index (χ0) is 14.7. The predicted molar refractivity (Wildman–Crippen MR) is 78.0 cm³/mol. The Bertz CT molecular complexity index is 543. The first-order valence-electron chi connectivity index (χ1n) is 7.40. The Hall–Kier alpha value is -1.65. The van der Waals surface area contributed by atoms with Gasteiger partial charge in [-0.25, -0.2) is 4.98 Å². The standard InChI is InChI=1S/C15H23N3O2/c1-9(2)13-16-10(3)12(15(20)18-13)14(19)17-11-7-5-4-6-8-11/h9,11H,4-8H2,1-3H3,(H,17,19)(H,16,18,20). The van der Waals surface area contributed by atoms with Gasteiger partial charge in [0.05, 0.1) is 5.69 Å². The van der Waals surface area contributed by atoms with Gasteiger partial charge in [-0.2, -0.15) is 0 Å². The molecule has 0 radical (unpaired) electrons. The monoisotopic (exact) mass is 277 g/mol. The Labute approximate surface area is 119 Å². The van der Waals surface area contributed by atoms with E-state index in [1.807, 2.05) is 13.8 Å². The highest BCUT2D eigenvalue weighted by Crippen LogP contribution is 2.18. The lowest BCUT2D eigenvalue weighted by Crippen LogP contribution is -2.39. The summed E-state index contributed by atoms with van der Waals surface area (Å²) in [4.78, 5) is 31.4. The summed E-state index contributed by atoms with van der Waals surface area (Å²) in [5, 5.41) is 2.97. The normalized spacial score (nSPS) is 16.4. The molecule has 1 saturated carbocycles. The largest absolute Gasteiger partial charge is 0.349 e. The van der Waals surface area contributed by atoms with Crippen LogP contribution in [0.4, 0.5) is 0 Å². The Kier molecular flexibility index (Phi) is 4.57. The fourth-order valence-corrected chi connectivity index (χ4v) is 2.65. The maximum atomic E-state index is 12.3. The number of amides is 1. The van der Waals surface area contributed by atoms with Crippen LogP contribution in [-0.4, -0.2) is 21.9 Å². The molecule has 1 aliphatic rings. The Morgan fingerprint density at radius 2 is 1.95 bits per heavy atom. The van der Waals surface area contributed by atoms with Crippen LogP contribution in [0.25, 0.3) is 0 Å². The molecule has 1 aromatic rings. The minimum atomic E-state index is -0.338. The molecular formula is C15H23N3O2. The molecule has 0 saturated heterocycles. The van der Waals surface area contributed by atoms with Crippen LogP contribution in [0.1, 0.15) is 73.7 Å². The summed E-state index contributed by atoms with van der Waals surface area (Å²) in [6.07, 6.45) is 5.52. The smallest absolute Gasteiger partial charge is 0.264 e. The highest BCUT2D eigenvalue weighted by molar-refractivity contribution is 5.95. The van der Waals surface area contributed by atoms with Crippen LogP contribution >= 0.6 is 0 Å². The van der Waals surface area contributed by atoms with Crippen molar-refractivity contribution in [3.63, 3.8) is 0 Å². The number of aryl methyl sites for hydroxylation is 1. The highest BCUT2D eigenvalue weighted by atomic mass is 16.2. The third-order valence-corrected chi connectivity index (χ3v) is 3.83. The number of aromatic nitrogens is 2. The molecule has 2 N–H and O–H groups in total. The number of nitrogens with zero attached hydrogens (tertiary/aromatic N) is 1. The van der Waals surface area contributed by atoms with Crippen LogP contribution in [0.3, 0.4) is 0 Å². The van der Waals surface area contributed by atoms with E-state index in [-0.39, 0.29) is 29.0 Å². The van der Waals surface area contributed by atoms with E-state index in [4.69, 9.17) is 0 Å². The van der Waals surface area contributed by atoms with E-state index in [9.17, 15) is 9.59 Å². The van der Waals surface area contributed by atoms with Crippen LogP contribution in [0.15, 0.2) is 4.79 Å². The molecule has 0 spiro atoms. The van der Waals surface area contributed by atoms with Gasteiger partial charge in [0.15, 0.2) is 0 Å². The topological polar surface area (TPSA) is 74.8 Å². The third-order valence-electron chi connectivity index (χ3n) is 3.83. The number of carbonyl (C=O) groups excluding carboxylic acids is 1. The number of carbonyl (C=O) groups is 1. The molecule has 0 atom stereocenters. The fourth-order valence-electron chi connectivity index (χ4n) is 2.65. The fraction of sp³-hybridized carbons (Fsp3) is 0.667. The van der Waals surface area contributed by atoms with Gasteiger partial charge in [-0.3, -0.25) is 9.59 Å². The van der Waals surface area contributed by atoms with E-state index in [0.29, 0.717) is 11.5 Å². The summed E-state index contributed by atoms with van der Waals surface area (Å²) in [6, 6.07) is 0.194. The lowest BCUT2D eigenvalue weighted by atomic mass is 9.95. The summed E-state index contributed by atoms with van der Waals surface area (Å²) in [5.41, 5.74) is 0.320. The van der Waals surface area contributed by atoms with Gasteiger partial charge in [-0.05, 0) is 19.8 Å². The molecule has 1 heterocycles. The number of rotatable bonds is 3. The van der Waals surface area contributed by atoms with Crippen molar-refractivity contribution in [2.75, 3.05) is 0 Å². The van der Waals surface area contributed by atoms with Gasteiger partial charge in [0, 0.05) is 12.0 Å². The van der Waals surface area contributed by atoms with E-state index in [2.05, 4.69) is 15.3 Å². The first kappa shape index (κ1) is 14.8. The van der Waals surface area contributed by atoms with Crippen molar-refractivity contribution in [3.8, 4) is 0 Å². The molecule has 0 aliphatic heterocycles. The lowest BCUT2D eigenvalue weighted by molar-refractivity contribution is 0.0925. The van der Waals surface area contributed by atoms with Crippen LogP contribution in [-0.2, 0) is 0 Å². The van der Waals surface area contributed by atoms with E-state index in [0.717, 1.165) is 25.7 Å². The molecule has 0 bridgehead atoms. The molecule has 5 nitrogen and oxygen atoms in total. The minimum Gasteiger partial charge on any atom is -0.349 e. The van der Waals surface area contributed by atoms with Crippen molar-refractivity contribution in [1.82, 2.24) is 15.3 Å². The SMILES string of the molecule is Cc1nc(C(C)C)[nH]c(=O)c1C(=O)NC1CCCCC1. The van der Waals surface area contributed by atoms with Gasteiger partial charge >= 0.3 is 0 Å². The Balaban J connectivity index is 2.19. The molecular weight excluding hydrogens is 254 g/mol. The number of hydrogen-bond donors (Lipinski definition) is 2. The molecule has 0 unspecified atom stereocenters. The highest BCUT2D eigenvalue weighted by Gasteiger charge is 2.21. The molecule has 20 heavy (non-hydrogen) atoms. The van der Waals surface area contributed by atoms with Crippen molar-refractivity contribution in [2.45, 2.75) is 64.8 Å². The van der Waals surface area contributed by atoms with Crippen molar-refractivity contribution in [2.24, 2.45) is 0 Å². The first-order chi connectivity index (χ1) is 9.49. The van der Waals surface area contributed by atoms with Gasteiger partial charge in [-0.15, -0.1) is 0 Å². The van der Waals surface area contributed by atoms with E-state index >= 15 is 0 Å². The molecule has 1 aliphatic carbocycles. The molecule has 110 valence electrons. The molecule has 5 heteroatoms. The second-order valence-electron chi connectivity index (χ2n) is 5.87. The Morgan fingerprint density at radius 3 is 2.50 bits per heavy atom. The van der Waals surface area contributed by atoms with Crippen LogP contribution in [0.2, 0.25) is 0 Å². The molecule has 1 aromatic heterocycles. The minimum absolute atomic E-state index is 0.136. The van der Waals surface area contributed by atoms with Gasteiger partial charge in [0.2, 0.25) is 0 Å². The zero-order valence-electron chi connectivity index (χ0n) is 12.5. The van der Waals surface area contributed by atoms with Crippen LogP contribution in [0.5, 0.6) is 0 Å². The Morgan fingerprint density at radius 1 is 1.30 bits per heavy atom. The van der Waals surface area contributed by atoms with Gasteiger partial charge in [0.1, 0.15) is 11.4 Å². The van der Waals surface area contributed by atoms with Gasteiger partial charge in [-0.1, -0.05) is 33.1 Å². The maximum absolute atomic E-state index is 12.3. The molecule has 1 fully saturated rings. The van der Waals surface area contributed by atoms with Crippen molar-refractivity contribution in [1.29, 1.82) is 0 Å². The molecule has 0 aromatic carbocycles. The van der Waals surface area contributed by atoms with Crippen molar-refractivity contribution < 1.29 is 4.79 Å². The van der Waals surface area contributed by atoms with E-state index in [1.165, 1.54) is 6.42 Å². The van der Waals surface area contributed by atoms with Gasteiger partial charge < -0.3 is 10.3 Å². The van der Waals surface area contributed by atoms with Crippen molar-refractivity contribution >= 4 is 5.91 Å². The second-order valence-corrected chi connectivity index (χ2v) is 5.87. The third kappa shape index (κ3) is 3.26. The summed E-state index contributed by atoms with van der Waals surface area (Å²) < 4.78 is 0. The summed E-state index contributed by atoms with van der Waals surface area (Å²) in [6.45, 7) is 5.63. The summed E-state index contributed by atoms with van der Waals surface area (Å²) in [5.74, 6) is 0.469. The molecule has 2 rings (SSSR count). The van der Waals surface area contributed by atoms with E-state index < -0.39 is 0 Å². The first-order valence-corrected chi connectivity index (χ1v) is 7.40. The predicted octanol–water partition coefficient (Wildman–Crippen LogP) is 2.26. The summed E-state index contributed by atoms with van der Waals surface area (Å²) in [7, 11) is 0. The number of H-pyrrole nitrogens is 1. The van der Waals surface area contributed by atoms with Crippen molar-refractivity contribution in [3.05, 3.63) is 27.4 Å². The summed E-state index contributed by atoms with van der Waals surface area (Å²) >= 11 is 0. The number of hydrogen-bond acceptors (Lipinski definition) is 3. The second kappa shape index (κ2) is 6.20. The number of aromatic amines is 1. The zero-order valence-corrected chi connectivity index (χ0v) is 12.5. The van der Waals surface area contributed by atoms with Crippen LogP contribution < -0.4 is 10.9 Å². The molecule has 1 amide bonds. The van der Waals surface area contributed by atoms with E-state index in [1.54, 1.807) is 6.92 Å². The average Bonchev–Trinajstić information content (AvgIpc) is 2.38. The quantitative estimate of drug-likeness (QED) is 0.890.